The van der Waals surface area contributed by atoms with Crippen LogP contribution in [-0.2, 0) is 4.57 Å². The molecule has 13 heavy (non-hydrogen) atoms. The van der Waals surface area contributed by atoms with Crippen molar-refractivity contribution in [2.24, 2.45) is 0 Å². The highest BCUT2D eigenvalue weighted by Gasteiger charge is 2.32. The lowest BCUT2D eigenvalue weighted by Crippen LogP contribution is -2.19. The third kappa shape index (κ3) is 1.59. The van der Waals surface area contributed by atoms with Gasteiger partial charge in [0.2, 0.25) is 0 Å². The summed E-state index contributed by atoms with van der Waals surface area (Å²) in [5.74, 6) is 1.73. The Labute approximate surface area is 83.3 Å². The number of hydrogen-bond donors (Lipinski definition) is 0. The normalized spacial score (nSPS) is 36.7. The minimum absolute atomic E-state index is 0.533. The Morgan fingerprint density at radius 1 is 1.38 bits per heavy atom. The summed E-state index contributed by atoms with van der Waals surface area (Å²) in [6, 6.07) is 0. The van der Waals surface area contributed by atoms with Gasteiger partial charge in [-0.1, -0.05) is 36.5 Å². The second kappa shape index (κ2) is 3.32. The standard InChI is InChI=1S/C10H10ClOP/c11-10(6-2-1-3-7-10)9-5-4-8-13(9)12/h1-6,8,13H,7H2. The first-order valence-electron chi connectivity index (χ1n) is 4.19. The van der Waals surface area contributed by atoms with Crippen LogP contribution in [0.1, 0.15) is 6.42 Å². The lowest BCUT2D eigenvalue weighted by atomic mass is 9.99. The molecule has 3 heteroatoms. The van der Waals surface area contributed by atoms with E-state index in [0.717, 1.165) is 11.7 Å². The van der Waals surface area contributed by atoms with Crippen LogP contribution < -0.4 is 0 Å². The van der Waals surface area contributed by atoms with Crippen LogP contribution in [0.2, 0.25) is 0 Å². The molecule has 0 aromatic heterocycles. The molecule has 0 saturated heterocycles. The summed E-state index contributed by atoms with van der Waals surface area (Å²) in [6.07, 6.45) is 12.2. The SMILES string of the molecule is O=[PH]1C=CC=C1C1(Cl)C=CC=CC1. The summed E-state index contributed by atoms with van der Waals surface area (Å²) in [4.78, 5) is -0.533. The fraction of sp³-hybridized carbons (Fsp3) is 0.200. The van der Waals surface area contributed by atoms with Gasteiger partial charge in [0.25, 0.3) is 0 Å². The van der Waals surface area contributed by atoms with Crippen LogP contribution in [0.4, 0.5) is 0 Å². The third-order valence-corrected chi connectivity index (χ3v) is 4.53. The van der Waals surface area contributed by atoms with Crippen LogP contribution in [0.25, 0.3) is 0 Å². The van der Waals surface area contributed by atoms with Crippen molar-refractivity contribution in [1.29, 1.82) is 0 Å². The van der Waals surface area contributed by atoms with E-state index in [2.05, 4.69) is 0 Å². The largest absolute Gasteiger partial charge is 0.318 e. The molecule has 1 nitrogen and oxygen atoms in total. The highest BCUT2D eigenvalue weighted by Crippen LogP contribution is 2.50. The highest BCUT2D eigenvalue weighted by molar-refractivity contribution is 7.53. The molecule has 2 aliphatic rings. The Morgan fingerprint density at radius 2 is 2.23 bits per heavy atom. The Bertz CT molecular complexity index is 365. The number of allylic oxidation sites excluding steroid dienone is 7. The molecule has 0 saturated carbocycles. The van der Waals surface area contributed by atoms with E-state index in [1.165, 1.54) is 0 Å². The maximum atomic E-state index is 11.6. The van der Waals surface area contributed by atoms with Gasteiger partial charge in [0.1, 0.15) is 7.80 Å². The Balaban J connectivity index is 2.31. The van der Waals surface area contributed by atoms with Crippen LogP contribution in [0, 0.1) is 0 Å². The summed E-state index contributed by atoms with van der Waals surface area (Å²) < 4.78 is 11.6. The molecule has 1 aliphatic heterocycles. The Hall–Kier alpha value is -0.520. The lowest BCUT2D eigenvalue weighted by molar-refractivity contribution is 0.594. The zero-order valence-corrected chi connectivity index (χ0v) is 8.79. The van der Waals surface area contributed by atoms with E-state index in [0.29, 0.717) is 0 Å². The molecule has 68 valence electrons. The number of hydrogen-bond acceptors (Lipinski definition) is 1. The summed E-state index contributed by atoms with van der Waals surface area (Å²) in [6.45, 7) is 0. The molecule has 0 N–H and O–H groups in total. The molecule has 2 unspecified atom stereocenters. The summed E-state index contributed by atoms with van der Waals surface area (Å²) >= 11 is 6.36. The van der Waals surface area contributed by atoms with E-state index in [1.807, 2.05) is 36.5 Å². The van der Waals surface area contributed by atoms with Crippen LogP contribution in [0.3, 0.4) is 0 Å². The van der Waals surface area contributed by atoms with E-state index in [4.69, 9.17) is 11.6 Å². The number of halogens is 1. The third-order valence-electron chi connectivity index (χ3n) is 2.25. The molecule has 0 amide bonds. The van der Waals surface area contributed by atoms with Gasteiger partial charge in [-0.3, -0.25) is 0 Å². The van der Waals surface area contributed by atoms with Gasteiger partial charge in [-0.25, -0.2) is 0 Å². The van der Waals surface area contributed by atoms with Crippen molar-refractivity contribution >= 4 is 19.4 Å². The van der Waals surface area contributed by atoms with E-state index < -0.39 is 12.7 Å². The molecular weight excluding hydrogens is 203 g/mol. The number of rotatable bonds is 1. The van der Waals surface area contributed by atoms with Crippen LogP contribution >= 0.6 is 19.4 Å². The van der Waals surface area contributed by atoms with Gasteiger partial charge in [0, 0.05) is 5.31 Å². The molecule has 0 bridgehead atoms. The van der Waals surface area contributed by atoms with Gasteiger partial charge in [0.05, 0.1) is 4.87 Å². The molecule has 2 rings (SSSR count). The van der Waals surface area contributed by atoms with Crippen molar-refractivity contribution in [2.45, 2.75) is 11.3 Å². The topological polar surface area (TPSA) is 17.1 Å². The quantitative estimate of drug-likeness (QED) is 0.481. The smallest absolute Gasteiger partial charge is 0.123 e. The van der Waals surface area contributed by atoms with Crippen molar-refractivity contribution in [1.82, 2.24) is 0 Å². The molecule has 0 aromatic carbocycles. The Morgan fingerprint density at radius 3 is 2.77 bits per heavy atom. The van der Waals surface area contributed by atoms with E-state index in [1.54, 1.807) is 5.82 Å². The van der Waals surface area contributed by atoms with E-state index >= 15 is 0 Å². The maximum Gasteiger partial charge on any atom is 0.123 e. The first-order chi connectivity index (χ1) is 6.22. The van der Waals surface area contributed by atoms with Gasteiger partial charge in [0.15, 0.2) is 0 Å². The zero-order valence-electron chi connectivity index (χ0n) is 7.03. The molecule has 0 aromatic rings. The van der Waals surface area contributed by atoms with E-state index in [-0.39, 0.29) is 0 Å². The van der Waals surface area contributed by atoms with Crippen molar-refractivity contribution in [2.75, 3.05) is 0 Å². The average molecular weight is 213 g/mol. The average Bonchev–Trinajstić information content (AvgIpc) is 2.53. The van der Waals surface area contributed by atoms with Crippen LogP contribution in [-0.4, -0.2) is 4.87 Å². The fourth-order valence-electron chi connectivity index (χ4n) is 1.54. The van der Waals surface area contributed by atoms with Gasteiger partial charge in [-0.2, -0.15) is 0 Å². The first kappa shape index (κ1) is 9.05. The maximum absolute atomic E-state index is 11.6. The van der Waals surface area contributed by atoms with Gasteiger partial charge < -0.3 is 4.57 Å². The molecule has 0 spiro atoms. The zero-order chi connectivity index (χ0) is 9.31. The van der Waals surface area contributed by atoms with Crippen molar-refractivity contribution < 1.29 is 4.57 Å². The lowest BCUT2D eigenvalue weighted by Gasteiger charge is -2.24. The van der Waals surface area contributed by atoms with Crippen LogP contribution in [0.15, 0.2) is 47.6 Å². The van der Waals surface area contributed by atoms with Gasteiger partial charge in [-0.15, -0.1) is 11.6 Å². The Kier molecular flexibility index (Phi) is 2.31. The molecule has 2 atom stereocenters. The van der Waals surface area contributed by atoms with E-state index in [9.17, 15) is 4.57 Å². The number of alkyl halides is 1. The highest BCUT2D eigenvalue weighted by atomic mass is 35.5. The fourth-order valence-corrected chi connectivity index (χ4v) is 3.35. The second-order valence-electron chi connectivity index (χ2n) is 3.16. The summed E-state index contributed by atoms with van der Waals surface area (Å²) in [5.41, 5.74) is 0. The van der Waals surface area contributed by atoms with Gasteiger partial charge >= 0.3 is 0 Å². The predicted molar refractivity (Wildman–Crippen MR) is 57.7 cm³/mol. The minimum Gasteiger partial charge on any atom is -0.318 e. The van der Waals surface area contributed by atoms with Crippen molar-refractivity contribution in [3.63, 3.8) is 0 Å². The van der Waals surface area contributed by atoms with Crippen molar-refractivity contribution in [3.8, 4) is 0 Å². The summed E-state index contributed by atoms with van der Waals surface area (Å²) in [5, 5.41) is 0.861. The first-order valence-corrected chi connectivity index (χ1v) is 6.05. The summed E-state index contributed by atoms with van der Waals surface area (Å²) in [7, 11) is -1.74. The molecule has 0 fully saturated rings. The molecule has 0 radical (unpaired) electrons. The minimum atomic E-state index is -1.74. The predicted octanol–water partition coefficient (Wildman–Crippen LogP) is 3.45. The van der Waals surface area contributed by atoms with Crippen molar-refractivity contribution in [3.05, 3.63) is 47.6 Å². The molecular formula is C10H10ClOP. The van der Waals surface area contributed by atoms with Crippen LogP contribution in [0.5, 0.6) is 0 Å². The monoisotopic (exact) mass is 212 g/mol. The van der Waals surface area contributed by atoms with Gasteiger partial charge in [-0.05, 0) is 12.2 Å². The molecule has 1 aliphatic carbocycles. The second-order valence-corrected chi connectivity index (χ2v) is 5.43. The molecule has 1 heterocycles.